The minimum absolute atomic E-state index is 0.00694. The summed E-state index contributed by atoms with van der Waals surface area (Å²) in [5, 5.41) is 0. The molecule has 3 heteroatoms. The van der Waals surface area contributed by atoms with Crippen molar-refractivity contribution in [3.63, 3.8) is 0 Å². The standard InChI is InChI=1S/C13H25NO2/c1-9(2)8-10(3)16-13(15)11-6-4-5-7-12(11)14/h9-12H,4-8,14H2,1-3H3. The summed E-state index contributed by atoms with van der Waals surface area (Å²) in [7, 11) is 0. The highest BCUT2D eigenvalue weighted by Gasteiger charge is 2.30. The molecule has 3 unspecified atom stereocenters. The molecule has 1 saturated carbocycles. The minimum atomic E-state index is -0.0830. The third-order valence-electron chi connectivity index (χ3n) is 3.24. The molecule has 3 nitrogen and oxygen atoms in total. The first-order valence-corrected chi connectivity index (χ1v) is 6.46. The molecule has 0 heterocycles. The number of nitrogens with two attached hydrogens (primary N) is 1. The molecule has 3 atom stereocenters. The SMILES string of the molecule is CC(C)CC(C)OC(=O)C1CCCCC1N. The van der Waals surface area contributed by atoms with Crippen molar-refractivity contribution in [1.29, 1.82) is 0 Å². The van der Waals surface area contributed by atoms with E-state index in [9.17, 15) is 4.79 Å². The minimum Gasteiger partial charge on any atom is -0.462 e. The molecule has 0 aliphatic heterocycles. The summed E-state index contributed by atoms with van der Waals surface area (Å²) < 4.78 is 5.45. The zero-order chi connectivity index (χ0) is 12.1. The normalized spacial score (nSPS) is 27.8. The van der Waals surface area contributed by atoms with Crippen LogP contribution in [-0.4, -0.2) is 18.1 Å². The quantitative estimate of drug-likeness (QED) is 0.751. The summed E-state index contributed by atoms with van der Waals surface area (Å²) in [6.45, 7) is 6.24. The van der Waals surface area contributed by atoms with Crippen molar-refractivity contribution < 1.29 is 9.53 Å². The Balaban J connectivity index is 2.38. The molecule has 0 saturated heterocycles. The van der Waals surface area contributed by atoms with Crippen molar-refractivity contribution >= 4 is 5.97 Å². The molecule has 0 aromatic heterocycles. The van der Waals surface area contributed by atoms with Crippen LogP contribution in [0.2, 0.25) is 0 Å². The van der Waals surface area contributed by atoms with Crippen LogP contribution in [0, 0.1) is 11.8 Å². The first kappa shape index (κ1) is 13.5. The van der Waals surface area contributed by atoms with Crippen LogP contribution in [0.15, 0.2) is 0 Å². The average Bonchev–Trinajstić information content (AvgIpc) is 2.16. The summed E-state index contributed by atoms with van der Waals surface area (Å²) >= 11 is 0. The maximum Gasteiger partial charge on any atom is 0.310 e. The van der Waals surface area contributed by atoms with Crippen molar-refractivity contribution in [3.8, 4) is 0 Å². The number of ether oxygens (including phenoxy) is 1. The summed E-state index contributed by atoms with van der Waals surface area (Å²) in [6, 6.07) is 0.00694. The third-order valence-corrected chi connectivity index (χ3v) is 3.24. The van der Waals surface area contributed by atoms with Gasteiger partial charge in [-0.2, -0.15) is 0 Å². The molecule has 0 aromatic rings. The lowest BCUT2D eigenvalue weighted by atomic mass is 9.85. The van der Waals surface area contributed by atoms with Crippen molar-refractivity contribution in [2.75, 3.05) is 0 Å². The number of rotatable bonds is 4. The van der Waals surface area contributed by atoms with Gasteiger partial charge in [0.05, 0.1) is 12.0 Å². The number of carbonyl (C=O) groups excluding carboxylic acids is 1. The van der Waals surface area contributed by atoms with Gasteiger partial charge in [0.25, 0.3) is 0 Å². The van der Waals surface area contributed by atoms with Gasteiger partial charge in [-0.3, -0.25) is 4.79 Å². The van der Waals surface area contributed by atoms with Crippen molar-refractivity contribution in [3.05, 3.63) is 0 Å². The molecule has 1 aliphatic rings. The Kier molecular flexibility index (Phi) is 5.26. The van der Waals surface area contributed by atoms with Gasteiger partial charge in [0.1, 0.15) is 0 Å². The lowest BCUT2D eigenvalue weighted by Crippen LogP contribution is -2.40. The first-order chi connectivity index (χ1) is 7.50. The van der Waals surface area contributed by atoms with Crippen molar-refractivity contribution in [1.82, 2.24) is 0 Å². The van der Waals surface area contributed by atoms with E-state index >= 15 is 0 Å². The average molecular weight is 227 g/mol. The van der Waals surface area contributed by atoms with E-state index in [1.165, 1.54) is 0 Å². The summed E-state index contributed by atoms with van der Waals surface area (Å²) in [5.74, 6) is 0.409. The van der Waals surface area contributed by atoms with Gasteiger partial charge in [-0.25, -0.2) is 0 Å². The fraction of sp³-hybridized carbons (Fsp3) is 0.923. The maximum absolute atomic E-state index is 11.9. The predicted molar refractivity (Wildman–Crippen MR) is 64.9 cm³/mol. The van der Waals surface area contributed by atoms with Gasteiger partial charge in [0, 0.05) is 6.04 Å². The fourth-order valence-corrected chi connectivity index (χ4v) is 2.45. The zero-order valence-corrected chi connectivity index (χ0v) is 10.7. The van der Waals surface area contributed by atoms with E-state index in [0.717, 1.165) is 32.1 Å². The highest BCUT2D eigenvalue weighted by Crippen LogP contribution is 2.24. The van der Waals surface area contributed by atoms with Gasteiger partial charge in [-0.1, -0.05) is 26.7 Å². The predicted octanol–water partition coefficient (Wildman–Crippen LogP) is 2.48. The first-order valence-electron chi connectivity index (χ1n) is 6.46. The van der Waals surface area contributed by atoms with Gasteiger partial charge in [0.15, 0.2) is 0 Å². The lowest BCUT2D eigenvalue weighted by Gasteiger charge is -2.28. The van der Waals surface area contributed by atoms with Crippen LogP contribution < -0.4 is 5.73 Å². The fourth-order valence-electron chi connectivity index (χ4n) is 2.45. The molecule has 16 heavy (non-hydrogen) atoms. The van der Waals surface area contributed by atoms with E-state index in [1.54, 1.807) is 0 Å². The second kappa shape index (κ2) is 6.24. The number of esters is 1. The maximum atomic E-state index is 11.9. The third kappa shape index (κ3) is 4.12. The highest BCUT2D eigenvalue weighted by molar-refractivity contribution is 5.73. The molecule has 2 N–H and O–H groups in total. The molecule has 0 amide bonds. The topological polar surface area (TPSA) is 52.3 Å². The molecule has 0 spiro atoms. The Labute approximate surface area is 98.7 Å². The summed E-state index contributed by atoms with van der Waals surface area (Å²) in [5.41, 5.74) is 5.96. The summed E-state index contributed by atoms with van der Waals surface area (Å²) in [6.07, 6.45) is 5.04. The number of hydrogen-bond donors (Lipinski definition) is 1. The van der Waals surface area contributed by atoms with E-state index < -0.39 is 0 Å². The van der Waals surface area contributed by atoms with Gasteiger partial charge < -0.3 is 10.5 Å². The van der Waals surface area contributed by atoms with Crippen molar-refractivity contribution in [2.45, 2.75) is 65.0 Å². The van der Waals surface area contributed by atoms with Gasteiger partial charge in [-0.15, -0.1) is 0 Å². The van der Waals surface area contributed by atoms with E-state index in [0.29, 0.717) is 5.92 Å². The lowest BCUT2D eigenvalue weighted by molar-refractivity contribution is -0.155. The van der Waals surface area contributed by atoms with Crippen LogP contribution in [0.4, 0.5) is 0 Å². The summed E-state index contributed by atoms with van der Waals surface area (Å²) in [4.78, 5) is 11.9. The van der Waals surface area contributed by atoms with Crippen LogP contribution in [0.25, 0.3) is 0 Å². The van der Waals surface area contributed by atoms with Gasteiger partial charge >= 0.3 is 5.97 Å². The molecule has 94 valence electrons. The van der Waals surface area contributed by atoms with E-state index in [1.807, 2.05) is 6.92 Å². The Morgan fingerprint density at radius 2 is 1.94 bits per heavy atom. The second-order valence-electron chi connectivity index (χ2n) is 5.43. The second-order valence-corrected chi connectivity index (χ2v) is 5.43. The Morgan fingerprint density at radius 1 is 1.31 bits per heavy atom. The Bertz CT molecular complexity index is 228. The smallest absolute Gasteiger partial charge is 0.310 e. The van der Waals surface area contributed by atoms with E-state index in [4.69, 9.17) is 10.5 Å². The monoisotopic (exact) mass is 227 g/mol. The highest BCUT2D eigenvalue weighted by atomic mass is 16.5. The van der Waals surface area contributed by atoms with Gasteiger partial charge in [-0.05, 0) is 32.1 Å². The molecular formula is C13H25NO2. The molecule has 0 bridgehead atoms. The molecule has 1 fully saturated rings. The van der Waals surface area contributed by atoms with Crippen LogP contribution in [0.5, 0.6) is 0 Å². The Morgan fingerprint density at radius 3 is 2.50 bits per heavy atom. The molecule has 0 radical (unpaired) electrons. The number of hydrogen-bond acceptors (Lipinski definition) is 3. The molecule has 1 aliphatic carbocycles. The molecular weight excluding hydrogens is 202 g/mol. The van der Waals surface area contributed by atoms with E-state index in [2.05, 4.69) is 13.8 Å². The number of carbonyl (C=O) groups is 1. The Hall–Kier alpha value is -0.570. The zero-order valence-electron chi connectivity index (χ0n) is 10.7. The molecule has 1 rings (SSSR count). The van der Waals surface area contributed by atoms with Gasteiger partial charge in [0.2, 0.25) is 0 Å². The molecule has 0 aromatic carbocycles. The van der Waals surface area contributed by atoms with E-state index in [-0.39, 0.29) is 24.0 Å². The van der Waals surface area contributed by atoms with Crippen molar-refractivity contribution in [2.24, 2.45) is 17.6 Å². The van der Waals surface area contributed by atoms with Crippen LogP contribution in [0.1, 0.15) is 52.9 Å². The van der Waals surface area contributed by atoms with Crippen LogP contribution in [0.3, 0.4) is 0 Å². The largest absolute Gasteiger partial charge is 0.462 e. The van der Waals surface area contributed by atoms with Crippen LogP contribution in [-0.2, 0) is 9.53 Å². The van der Waals surface area contributed by atoms with Crippen LogP contribution >= 0.6 is 0 Å².